The molecule has 2 N–H and O–H groups in total. The molecule has 1 aliphatic heterocycles. The lowest BCUT2D eigenvalue weighted by atomic mass is 10.1. The number of hydrogen-bond acceptors (Lipinski definition) is 5. The van der Waals surface area contributed by atoms with Gasteiger partial charge in [-0.15, -0.1) is 0 Å². The first kappa shape index (κ1) is 21.0. The predicted molar refractivity (Wildman–Crippen MR) is 122 cm³/mol. The van der Waals surface area contributed by atoms with Crippen LogP contribution in [0.25, 0.3) is 0 Å². The SMILES string of the molecule is CN(CCCN=C(NCCc1ccco1)NC1CCc2ncnn2C1)c1ccccc1. The standard InChI is InChI=1S/C23H31N7O/c1-29(20-7-3-2-4-8-20)15-6-13-24-23(25-14-12-21-9-5-16-31-21)28-19-10-11-22-26-18-27-30(22)17-19/h2-5,7-9,16,18-19H,6,10-15,17H2,1H3,(H2,24,25,28). The fraction of sp³-hybridized carbons (Fsp3) is 0.435. The molecule has 0 radical (unpaired) electrons. The number of benzene rings is 1. The molecule has 0 amide bonds. The number of para-hydroxylation sites is 1. The first-order chi connectivity index (χ1) is 15.3. The van der Waals surface area contributed by atoms with Crippen LogP contribution in [0.1, 0.15) is 24.4 Å². The summed E-state index contributed by atoms with van der Waals surface area (Å²) in [6.07, 6.45) is 7.10. The zero-order chi connectivity index (χ0) is 21.3. The highest BCUT2D eigenvalue weighted by Crippen LogP contribution is 2.12. The first-order valence-electron chi connectivity index (χ1n) is 11.0. The quantitative estimate of drug-likeness (QED) is 0.314. The Morgan fingerprint density at radius 3 is 3.00 bits per heavy atom. The van der Waals surface area contributed by atoms with Crippen LogP contribution in [-0.2, 0) is 19.4 Å². The molecule has 0 spiro atoms. The number of fused-ring (bicyclic) bond motifs is 1. The number of anilines is 1. The molecule has 8 nitrogen and oxygen atoms in total. The lowest BCUT2D eigenvalue weighted by Crippen LogP contribution is -2.47. The van der Waals surface area contributed by atoms with Gasteiger partial charge in [0.25, 0.3) is 0 Å². The second-order valence-corrected chi connectivity index (χ2v) is 7.84. The van der Waals surface area contributed by atoms with E-state index in [0.29, 0.717) is 0 Å². The Labute approximate surface area is 183 Å². The van der Waals surface area contributed by atoms with E-state index >= 15 is 0 Å². The molecular formula is C23H31N7O. The van der Waals surface area contributed by atoms with E-state index in [0.717, 1.165) is 69.4 Å². The Bertz CT molecular complexity index is 936. The van der Waals surface area contributed by atoms with Crippen molar-refractivity contribution in [2.24, 2.45) is 4.99 Å². The molecule has 3 heterocycles. The number of furan rings is 1. The van der Waals surface area contributed by atoms with Gasteiger partial charge in [-0.25, -0.2) is 9.67 Å². The maximum absolute atomic E-state index is 5.44. The van der Waals surface area contributed by atoms with Crippen molar-refractivity contribution in [2.45, 2.75) is 38.3 Å². The number of guanidine groups is 1. The molecule has 31 heavy (non-hydrogen) atoms. The van der Waals surface area contributed by atoms with E-state index in [1.807, 2.05) is 22.9 Å². The van der Waals surface area contributed by atoms with Gasteiger partial charge in [0.2, 0.25) is 0 Å². The Morgan fingerprint density at radius 1 is 1.26 bits per heavy atom. The molecule has 0 aliphatic carbocycles. The third-order valence-corrected chi connectivity index (χ3v) is 5.51. The van der Waals surface area contributed by atoms with Gasteiger partial charge in [0.05, 0.1) is 12.8 Å². The molecular weight excluding hydrogens is 390 g/mol. The maximum Gasteiger partial charge on any atom is 0.191 e. The molecule has 1 atom stereocenters. The predicted octanol–water partition coefficient (Wildman–Crippen LogP) is 2.49. The normalized spacial score (nSPS) is 16.0. The molecule has 0 bridgehead atoms. The summed E-state index contributed by atoms with van der Waals surface area (Å²) in [6.45, 7) is 3.29. The van der Waals surface area contributed by atoms with Gasteiger partial charge in [0.1, 0.15) is 17.9 Å². The largest absolute Gasteiger partial charge is 0.469 e. The van der Waals surface area contributed by atoms with Crippen LogP contribution in [0.3, 0.4) is 0 Å². The maximum atomic E-state index is 5.44. The highest BCUT2D eigenvalue weighted by Gasteiger charge is 2.20. The van der Waals surface area contributed by atoms with Crippen LogP contribution >= 0.6 is 0 Å². The highest BCUT2D eigenvalue weighted by atomic mass is 16.3. The average Bonchev–Trinajstić information content (AvgIpc) is 3.48. The van der Waals surface area contributed by atoms with E-state index in [1.54, 1.807) is 12.6 Å². The van der Waals surface area contributed by atoms with Crippen molar-refractivity contribution in [3.63, 3.8) is 0 Å². The summed E-state index contributed by atoms with van der Waals surface area (Å²) >= 11 is 0. The fourth-order valence-corrected chi connectivity index (χ4v) is 3.77. The Kier molecular flexibility index (Phi) is 7.20. The van der Waals surface area contributed by atoms with E-state index in [4.69, 9.17) is 9.41 Å². The van der Waals surface area contributed by atoms with Gasteiger partial charge in [-0.2, -0.15) is 5.10 Å². The number of rotatable bonds is 9. The molecule has 3 aromatic rings. The van der Waals surface area contributed by atoms with Crippen LogP contribution in [0.5, 0.6) is 0 Å². The van der Waals surface area contributed by atoms with Gasteiger partial charge in [-0.1, -0.05) is 18.2 Å². The lowest BCUT2D eigenvalue weighted by molar-refractivity contribution is 0.392. The molecule has 4 rings (SSSR count). The highest BCUT2D eigenvalue weighted by molar-refractivity contribution is 5.80. The van der Waals surface area contributed by atoms with Crippen molar-refractivity contribution in [1.29, 1.82) is 0 Å². The summed E-state index contributed by atoms with van der Waals surface area (Å²) < 4.78 is 7.42. The summed E-state index contributed by atoms with van der Waals surface area (Å²) in [5, 5.41) is 11.4. The summed E-state index contributed by atoms with van der Waals surface area (Å²) in [7, 11) is 2.12. The molecule has 0 saturated heterocycles. The van der Waals surface area contributed by atoms with E-state index in [2.05, 4.69) is 56.9 Å². The molecule has 0 saturated carbocycles. The fourth-order valence-electron chi connectivity index (χ4n) is 3.77. The van der Waals surface area contributed by atoms with Crippen molar-refractivity contribution in [3.05, 3.63) is 66.6 Å². The van der Waals surface area contributed by atoms with Crippen LogP contribution < -0.4 is 15.5 Å². The van der Waals surface area contributed by atoms with Crippen LogP contribution in [0, 0.1) is 0 Å². The Hall–Kier alpha value is -3.29. The van der Waals surface area contributed by atoms with Crippen LogP contribution in [0.2, 0.25) is 0 Å². The molecule has 1 unspecified atom stereocenters. The summed E-state index contributed by atoms with van der Waals surface area (Å²) in [6, 6.07) is 14.7. The topological polar surface area (TPSA) is 83.5 Å². The van der Waals surface area contributed by atoms with Crippen LogP contribution in [0.15, 0.2) is 64.5 Å². The zero-order valence-corrected chi connectivity index (χ0v) is 18.1. The van der Waals surface area contributed by atoms with Gasteiger partial charge >= 0.3 is 0 Å². The van der Waals surface area contributed by atoms with E-state index in [9.17, 15) is 0 Å². The molecule has 164 valence electrons. The van der Waals surface area contributed by atoms with Crippen molar-refractivity contribution in [1.82, 2.24) is 25.4 Å². The number of aromatic nitrogens is 3. The minimum Gasteiger partial charge on any atom is -0.469 e. The van der Waals surface area contributed by atoms with Gasteiger partial charge < -0.3 is 20.0 Å². The van der Waals surface area contributed by atoms with Gasteiger partial charge in [0.15, 0.2) is 5.96 Å². The summed E-state index contributed by atoms with van der Waals surface area (Å²) in [4.78, 5) is 11.4. The third kappa shape index (κ3) is 6.10. The second-order valence-electron chi connectivity index (χ2n) is 7.84. The molecule has 0 fully saturated rings. The van der Waals surface area contributed by atoms with Crippen molar-refractivity contribution >= 4 is 11.6 Å². The van der Waals surface area contributed by atoms with Gasteiger partial charge in [-0.05, 0) is 37.1 Å². The number of hydrogen-bond donors (Lipinski definition) is 2. The summed E-state index contributed by atoms with van der Waals surface area (Å²) in [5.41, 5.74) is 1.23. The first-order valence-corrected chi connectivity index (χ1v) is 11.0. The van der Waals surface area contributed by atoms with E-state index in [1.165, 1.54) is 5.69 Å². The second kappa shape index (κ2) is 10.7. The van der Waals surface area contributed by atoms with E-state index in [-0.39, 0.29) is 6.04 Å². The third-order valence-electron chi connectivity index (χ3n) is 5.51. The average molecular weight is 422 g/mol. The molecule has 2 aromatic heterocycles. The van der Waals surface area contributed by atoms with Crippen molar-refractivity contribution in [2.75, 3.05) is 31.6 Å². The zero-order valence-electron chi connectivity index (χ0n) is 18.1. The van der Waals surface area contributed by atoms with Gasteiger partial charge in [-0.3, -0.25) is 4.99 Å². The number of aliphatic imine (C=N–C) groups is 1. The number of nitrogens with zero attached hydrogens (tertiary/aromatic N) is 5. The van der Waals surface area contributed by atoms with Crippen LogP contribution in [0.4, 0.5) is 5.69 Å². The monoisotopic (exact) mass is 421 g/mol. The van der Waals surface area contributed by atoms with Crippen molar-refractivity contribution in [3.8, 4) is 0 Å². The van der Waals surface area contributed by atoms with E-state index < -0.39 is 0 Å². The Morgan fingerprint density at radius 2 is 2.16 bits per heavy atom. The number of aryl methyl sites for hydroxylation is 1. The lowest BCUT2D eigenvalue weighted by Gasteiger charge is -2.25. The molecule has 1 aromatic carbocycles. The smallest absolute Gasteiger partial charge is 0.191 e. The summed E-state index contributed by atoms with van der Waals surface area (Å²) in [5.74, 6) is 2.88. The van der Waals surface area contributed by atoms with Crippen LogP contribution in [-0.4, -0.2) is 53.4 Å². The molecule has 1 aliphatic rings. The minimum absolute atomic E-state index is 0.288. The van der Waals surface area contributed by atoms with Gasteiger partial charge in [0, 0.05) is 51.3 Å². The molecule has 8 heteroatoms. The Balaban J connectivity index is 1.30. The minimum atomic E-state index is 0.288. The number of nitrogens with one attached hydrogen (secondary N) is 2. The van der Waals surface area contributed by atoms with Crippen molar-refractivity contribution < 1.29 is 4.42 Å².